The van der Waals surface area contributed by atoms with Crippen LogP contribution < -0.4 is 0 Å². The number of piperidine rings is 1. The maximum atomic E-state index is 11.6. The second kappa shape index (κ2) is 3.87. The average molecular weight is 213 g/mol. The van der Waals surface area contributed by atoms with E-state index < -0.39 is 0 Å². The monoisotopic (exact) mass is 213 g/mol. The number of ketones is 1. The van der Waals surface area contributed by atoms with Gasteiger partial charge in [-0.3, -0.25) is 9.63 Å². The van der Waals surface area contributed by atoms with Crippen LogP contribution in [-0.2, 0) is 9.63 Å². The van der Waals surface area contributed by atoms with E-state index in [1.165, 1.54) is 0 Å². The topological polar surface area (TPSA) is 29.5 Å². The molecule has 0 N–H and O–H groups in total. The first kappa shape index (κ1) is 12.7. The third-order valence-electron chi connectivity index (χ3n) is 2.68. The van der Waals surface area contributed by atoms with Gasteiger partial charge in [0.05, 0.1) is 6.10 Å². The number of hydroxylamine groups is 2. The summed E-state index contributed by atoms with van der Waals surface area (Å²) >= 11 is 0. The second-order valence-corrected chi connectivity index (χ2v) is 5.97. The van der Waals surface area contributed by atoms with E-state index >= 15 is 0 Å². The fraction of sp³-hybridized carbons (Fsp3) is 0.917. The van der Waals surface area contributed by atoms with Crippen LogP contribution in [0.15, 0.2) is 0 Å². The van der Waals surface area contributed by atoms with E-state index in [2.05, 4.69) is 27.7 Å². The Morgan fingerprint density at radius 1 is 1.13 bits per heavy atom. The Morgan fingerprint density at radius 2 is 1.53 bits per heavy atom. The molecule has 0 bridgehead atoms. The van der Waals surface area contributed by atoms with E-state index in [1.807, 2.05) is 18.9 Å². The molecule has 15 heavy (non-hydrogen) atoms. The van der Waals surface area contributed by atoms with Crippen molar-refractivity contribution in [2.75, 3.05) is 0 Å². The number of carbonyl (C=O) groups is 1. The molecule has 0 radical (unpaired) electrons. The van der Waals surface area contributed by atoms with E-state index in [4.69, 9.17) is 4.84 Å². The first-order valence-electron chi connectivity index (χ1n) is 5.64. The Bertz CT molecular complexity index is 236. The molecule has 3 heteroatoms. The third-order valence-corrected chi connectivity index (χ3v) is 2.68. The molecular formula is C12H23NO2. The molecule has 0 aromatic rings. The summed E-state index contributed by atoms with van der Waals surface area (Å²) in [5.74, 6) is 0.327. The smallest absolute Gasteiger partial charge is 0.136 e. The highest BCUT2D eigenvalue weighted by molar-refractivity contribution is 5.81. The summed E-state index contributed by atoms with van der Waals surface area (Å²) in [6.07, 6.45) is 1.29. The number of carbonyl (C=O) groups excluding carboxylic acids is 1. The van der Waals surface area contributed by atoms with E-state index in [0.717, 1.165) is 0 Å². The lowest BCUT2D eigenvalue weighted by Crippen LogP contribution is -2.61. The largest absolute Gasteiger partial charge is 0.300 e. The van der Waals surface area contributed by atoms with Gasteiger partial charge in [0.15, 0.2) is 0 Å². The van der Waals surface area contributed by atoms with Crippen LogP contribution in [0.1, 0.15) is 54.4 Å². The summed E-state index contributed by atoms with van der Waals surface area (Å²) in [4.78, 5) is 17.5. The molecule has 88 valence electrons. The first-order valence-corrected chi connectivity index (χ1v) is 5.64. The highest BCUT2D eigenvalue weighted by atomic mass is 16.7. The Labute approximate surface area is 92.7 Å². The Morgan fingerprint density at radius 3 is 1.87 bits per heavy atom. The standard InChI is InChI=1S/C12H23NO2/c1-9(2)15-13-11(3,4)7-10(14)8-12(13,5)6/h9H,7-8H2,1-6H3. The minimum Gasteiger partial charge on any atom is -0.300 e. The molecule has 0 unspecified atom stereocenters. The number of nitrogens with zero attached hydrogens (tertiary/aromatic N) is 1. The lowest BCUT2D eigenvalue weighted by atomic mass is 9.81. The van der Waals surface area contributed by atoms with Crippen molar-refractivity contribution in [2.45, 2.75) is 71.6 Å². The normalized spacial score (nSPS) is 25.9. The van der Waals surface area contributed by atoms with Crippen LogP contribution in [0.5, 0.6) is 0 Å². The van der Waals surface area contributed by atoms with E-state index in [-0.39, 0.29) is 17.2 Å². The fourth-order valence-corrected chi connectivity index (χ4v) is 2.49. The second-order valence-electron chi connectivity index (χ2n) is 5.97. The van der Waals surface area contributed by atoms with Crippen LogP contribution in [0.3, 0.4) is 0 Å². The first-order chi connectivity index (χ1) is 6.65. The van der Waals surface area contributed by atoms with Gasteiger partial charge in [0.2, 0.25) is 0 Å². The highest BCUT2D eigenvalue weighted by Crippen LogP contribution is 2.37. The Balaban J connectivity index is 2.92. The molecule has 0 atom stereocenters. The van der Waals surface area contributed by atoms with E-state index in [1.54, 1.807) is 0 Å². The molecule has 1 aliphatic heterocycles. The fourth-order valence-electron chi connectivity index (χ4n) is 2.49. The van der Waals surface area contributed by atoms with Gasteiger partial charge in [-0.05, 0) is 41.5 Å². The maximum absolute atomic E-state index is 11.6. The maximum Gasteiger partial charge on any atom is 0.136 e. The highest BCUT2D eigenvalue weighted by Gasteiger charge is 2.46. The van der Waals surface area contributed by atoms with Gasteiger partial charge in [-0.25, -0.2) is 0 Å². The molecule has 0 aliphatic carbocycles. The molecule has 1 rings (SSSR count). The van der Waals surface area contributed by atoms with Crippen LogP contribution in [0, 0.1) is 0 Å². The van der Waals surface area contributed by atoms with Gasteiger partial charge in [0.25, 0.3) is 0 Å². The van der Waals surface area contributed by atoms with Gasteiger partial charge < -0.3 is 0 Å². The molecule has 1 saturated heterocycles. The number of hydrogen-bond acceptors (Lipinski definition) is 3. The van der Waals surface area contributed by atoms with E-state index in [9.17, 15) is 4.79 Å². The van der Waals surface area contributed by atoms with Gasteiger partial charge in [0, 0.05) is 23.9 Å². The van der Waals surface area contributed by atoms with Crippen molar-refractivity contribution in [3.05, 3.63) is 0 Å². The summed E-state index contributed by atoms with van der Waals surface area (Å²) < 4.78 is 0. The zero-order valence-corrected chi connectivity index (χ0v) is 10.8. The van der Waals surface area contributed by atoms with Crippen molar-refractivity contribution in [2.24, 2.45) is 0 Å². The van der Waals surface area contributed by atoms with Crippen molar-refractivity contribution >= 4 is 5.78 Å². The Hall–Kier alpha value is -0.410. The van der Waals surface area contributed by atoms with Crippen LogP contribution in [-0.4, -0.2) is 28.0 Å². The minimum absolute atomic E-state index is 0.150. The lowest BCUT2D eigenvalue weighted by molar-refractivity contribution is -0.292. The van der Waals surface area contributed by atoms with Gasteiger partial charge in [-0.2, -0.15) is 5.06 Å². The minimum atomic E-state index is -0.205. The van der Waals surface area contributed by atoms with Crippen molar-refractivity contribution in [3.63, 3.8) is 0 Å². The molecule has 1 aliphatic rings. The van der Waals surface area contributed by atoms with Gasteiger partial charge in [-0.1, -0.05) is 0 Å². The SMILES string of the molecule is CC(C)ON1C(C)(C)CC(=O)CC1(C)C. The number of Topliss-reactive ketones (excluding diaryl/α,β-unsaturated/α-hetero) is 1. The van der Waals surface area contributed by atoms with Gasteiger partial charge >= 0.3 is 0 Å². The molecule has 0 saturated carbocycles. The Kier molecular flexibility index (Phi) is 3.27. The molecule has 1 heterocycles. The molecule has 0 aromatic heterocycles. The van der Waals surface area contributed by atoms with Crippen molar-refractivity contribution < 1.29 is 9.63 Å². The van der Waals surface area contributed by atoms with Crippen molar-refractivity contribution in [1.29, 1.82) is 0 Å². The molecule has 0 aromatic carbocycles. The quantitative estimate of drug-likeness (QED) is 0.706. The lowest BCUT2D eigenvalue weighted by Gasteiger charge is -2.51. The van der Waals surface area contributed by atoms with Crippen molar-refractivity contribution in [3.8, 4) is 0 Å². The number of hydrogen-bond donors (Lipinski definition) is 0. The molecule has 3 nitrogen and oxygen atoms in total. The van der Waals surface area contributed by atoms with Gasteiger partial charge in [0.1, 0.15) is 5.78 Å². The molecule has 1 fully saturated rings. The van der Waals surface area contributed by atoms with Crippen LogP contribution >= 0.6 is 0 Å². The summed E-state index contributed by atoms with van der Waals surface area (Å²) in [6, 6.07) is 0. The predicted octanol–water partition coefficient (Wildman–Crippen LogP) is 2.55. The van der Waals surface area contributed by atoms with Crippen LogP contribution in [0.4, 0.5) is 0 Å². The summed E-state index contributed by atoms with van der Waals surface area (Å²) in [5, 5.41) is 2.01. The molecule has 0 spiro atoms. The molecular weight excluding hydrogens is 190 g/mol. The van der Waals surface area contributed by atoms with E-state index in [0.29, 0.717) is 18.6 Å². The van der Waals surface area contributed by atoms with Crippen LogP contribution in [0.25, 0.3) is 0 Å². The number of rotatable bonds is 2. The summed E-state index contributed by atoms with van der Waals surface area (Å²) in [5.41, 5.74) is -0.411. The summed E-state index contributed by atoms with van der Waals surface area (Å²) in [6.45, 7) is 12.3. The summed E-state index contributed by atoms with van der Waals surface area (Å²) in [7, 11) is 0. The predicted molar refractivity (Wildman–Crippen MR) is 60.5 cm³/mol. The van der Waals surface area contributed by atoms with Crippen LogP contribution in [0.2, 0.25) is 0 Å². The molecule has 0 amide bonds. The average Bonchev–Trinajstić information content (AvgIpc) is 1.94. The van der Waals surface area contributed by atoms with Crippen molar-refractivity contribution in [1.82, 2.24) is 5.06 Å². The zero-order valence-electron chi connectivity index (χ0n) is 10.8. The van der Waals surface area contributed by atoms with Gasteiger partial charge in [-0.15, -0.1) is 0 Å². The zero-order chi connectivity index (χ0) is 11.9. The third kappa shape index (κ3) is 2.79.